The molecule has 80 valence electrons. The Balaban J connectivity index is 2.78. The van der Waals surface area contributed by atoms with Gasteiger partial charge in [0.15, 0.2) is 0 Å². The van der Waals surface area contributed by atoms with E-state index in [0.717, 1.165) is 11.0 Å². The molecule has 0 amide bonds. The van der Waals surface area contributed by atoms with Gasteiger partial charge in [0.1, 0.15) is 5.84 Å². The van der Waals surface area contributed by atoms with E-state index >= 15 is 0 Å². The number of benzene rings is 1. The lowest BCUT2D eigenvalue weighted by Gasteiger charge is -1.99. The van der Waals surface area contributed by atoms with Gasteiger partial charge in [0.05, 0.1) is 5.41 Å². The van der Waals surface area contributed by atoms with Crippen molar-refractivity contribution in [2.24, 2.45) is 0 Å². The van der Waals surface area contributed by atoms with Gasteiger partial charge in [-0.05, 0) is 18.6 Å². The fourth-order valence-electron chi connectivity index (χ4n) is 0.980. The minimum absolute atomic E-state index is 0.104. The second-order valence-corrected chi connectivity index (χ2v) is 4.55. The van der Waals surface area contributed by atoms with Crippen molar-refractivity contribution in [2.45, 2.75) is 6.92 Å². The Hall–Kier alpha value is -1.62. The van der Waals surface area contributed by atoms with E-state index in [0.29, 0.717) is 0 Å². The maximum absolute atomic E-state index is 11.3. The highest BCUT2D eigenvalue weighted by molar-refractivity contribution is 7.93. The smallest absolute Gasteiger partial charge is 0.255 e. The van der Waals surface area contributed by atoms with E-state index in [4.69, 9.17) is 5.41 Å². The third kappa shape index (κ3) is 4.42. The van der Waals surface area contributed by atoms with Crippen LogP contribution in [0.1, 0.15) is 12.5 Å². The first kappa shape index (κ1) is 11.5. The second-order valence-electron chi connectivity index (χ2n) is 2.99. The molecule has 0 bridgehead atoms. The molecule has 1 rings (SSSR count). The molecule has 0 aromatic heterocycles. The van der Waals surface area contributed by atoms with Gasteiger partial charge in [-0.3, -0.25) is 10.1 Å². The quantitative estimate of drug-likeness (QED) is 0.604. The predicted octanol–water partition coefficient (Wildman–Crippen LogP) is 1.57. The van der Waals surface area contributed by atoms with E-state index < -0.39 is 10.0 Å². The standard InChI is InChI=1S/C10H12N2O2S/c1-9(11)12-15(13,14)8-7-10-5-3-2-4-6-10/h2-8H,1H3,(H2,11,12). The summed E-state index contributed by atoms with van der Waals surface area (Å²) < 4.78 is 24.6. The number of nitrogens with one attached hydrogen (secondary N) is 2. The molecule has 15 heavy (non-hydrogen) atoms. The SMILES string of the molecule is CC(=N)NS(=O)(=O)C=Cc1ccccc1. The van der Waals surface area contributed by atoms with Crippen molar-refractivity contribution in [2.75, 3.05) is 0 Å². The zero-order chi connectivity index (χ0) is 11.3. The topological polar surface area (TPSA) is 70.0 Å². The average Bonchev–Trinajstić information content (AvgIpc) is 2.15. The van der Waals surface area contributed by atoms with Gasteiger partial charge in [0.25, 0.3) is 10.0 Å². The Kier molecular flexibility index (Phi) is 3.62. The van der Waals surface area contributed by atoms with Crippen molar-refractivity contribution in [1.29, 1.82) is 5.41 Å². The molecule has 0 saturated carbocycles. The number of rotatable bonds is 3. The molecule has 5 heteroatoms. The van der Waals surface area contributed by atoms with Crippen LogP contribution in [0.5, 0.6) is 0 Å². The summed E-state index contributed by atoms with van der Waals surface area (Å²) in [5.41, 5.74) is 0.797. The van der Waals surface area contributed by atoms with Crippen LogP contribution >= 0.6 is 0 Å². The first-order chi connectivity index (χ1) is 6.99. The van der Waals surface area contributed by atoms with E-state index in [9.17, 15) is 8.42 Å². The molecule has 0 aliphatic rings. The molecule has 2 N–H and O–H groups in total. The summed E-state index contributed by atoms with van der Waals surface area (Å²) in [6.07, 6.45) is 1.48. The summed E-state index contributed by atoms with van der Waals surface area (Å²) in [7, 11) is -3.53. The van der Waals surface area contributed by atoms with Crippen LogP contribution in [0.4, 0.5) is 0 Å². The maximum Gasteiger partial charge on any atom is 0.255 e. The first-order valence-corrected chi connectivity index (χ1v) is 5.85. The highest BCUT2D eigenvalue weighted by Crippen LogP contribution is 2.02. The van der Waals surface area contributed by atoms with Crippen LogP contribution in [0, 0.1) is 5.41 Å². The largest absolute Gasteiger partial charge is 0.288 e. The lowest BCUT2D eigenvalue weighted by atomic mass is 10.2. The number of hydrogen-bond donors (Lipinski definition) is 2. The van der Waals surface area contributed by atoms with Crippen molar-refractivity contribution >= 4 is 21.9 Å². The van der Waals surface area contributed by atoms with Crippen LogP contribution in [0.2, 0.25) is 0 Å². The molecule has 0 fully saturated rings. The highest BCUT2D eigenvalue weighted by atomic mass is 32.2. The average molecular weight is 224 g/mol. The monoisotopic (exact) mass is 224 g/mol. The van der Waals surface area contributed by atoms with Gasteiger partial charge in [0, 0.05) is 0 Å². The van der Waals surface area contributed by atoms with Crippen molar-refractivity contribution in [3.8, 4) is 0 Å². The van der Waals surface area contributed by atoms with Crippen molar-refractivity contribution in [3.05, 3.63) is 41.3 Å². The first-order valence-electron chi connectivity index (χ1n) is 4.31. The second kappa shape index (κ2) is 4.75. The van der Waals surface area contributed by atoms with Crippen LogP contribution < -0.4 is 4.72 Å². The minimum atomic E-state index is -3.53. The fraction of sp³-hybridized carbons (Fsp3) is 0.100. The van der Waals surface area contributed by atoms with E-state index in [-0.39, 0.29) is 5.84 Å². The van der Waals surface area contributed by atoms with Crippen molar-refractivity contribution in [1.82, 2.24) is 4.72 Å². The lowest BCUT2D eigenvalue weighted by Crippen LogP contribution is -2.25. The number of amidine groups is 1. The van der Waals surface area contributed by atoms with E-state index in [1.54, 1.807) is 12.1 Å². The van der Waals surface area contributed by atoms with Gasteiger partial charge in [-0.2, -0.15) is 0 Å². The molecule has 0 atom stereocenters. The number of hydrogen-bond acceptors (Lipinski definition) is 3. The van der Waals surface area contributed by atoms with Crippen LogP contribution in [0.3, 0.4) is 0 Å². The van der Waals surface area contributed by atoms with Gasteiger partial charge in [-0.25, -0.2) is 8.42 Å². The molecule has 0 spiro atoms. The molecule has 4 nitrogen and oxygen atoms in total. The minimum Gasteiger partial charge on any atom is -0.288 e. The van der Waals surface area contributed by atoms with Gasteiger partial charge in [0.2, 0.25) is 0 Å². The van der Waals surface area contributed by atoms with E-state index in [2.05, 4.69) is 4.72 Å². The summed E-state index contributed by atoms with van der Waals surface area (Å²) in [6.45, 7) is 1.37. The lowest BCUT2D eigenvalue weighted by molar-refractivity contribution is 0.601. The maximum atomic E-state index is 11.3. The molecule has 0 unspecified atom stereocenters. The zero-order valence-corrected chi connectivity index (χ0v) is 9.08. The molecular formula is C10H12N2O2S. The molecule has 0 aliphatic heterocycles. The summed E-state index contributed by atoms with van der Waals surface area (Å²) in [6, 6.07) is 9.08. The van der Waals surface area contributed by atoms with Crippen LogP contribution in [-0.4, -0.2) is 14.3 Å². The summed E-state index contributed by atoms with van der Waals surface area (Å²) >= 11 is 0. The van der Waals surface area contributed by atoms with E-state index in [1.165, 1.54) is 13.0 Å². The molecule has 0 heterocycles. The summed E-state index contributed by atoms with van der Waals surface area (Å²) in [5, 5.41) is 8.05. The zero-order valence-electron chi connectivity index (χ0n) is 8.27. The molecule has 0 radical (unpaired) electrons. The van der Waals surface area contributed by atoms with Gasteiger partial charge in [-0.15, -0.1) is 0 Å². The highest BCUT2D eigenvalue weighted by Gasteiger charge is 2.03. The Labute approximate surface area is 89.2 Å². The predicted molar refractivity (Wildman–Crippen MR) is 60.9 cm³/mol. The van der Waals surface area contributed by atoms with E-state index in [1.807, 2.05) is 18.2 Å². The summed E-state index contributed by atoms with van der Waals surface area (Å²) in [4.78, 5) is 0. The molecule has 0 saturated heterocycles. The molecule has 1 aromatic rings. The Morgan fingerprint density at radius 1 is 1.33 bits per heavy atom. The third-order valence-electron chi connectivity index (χ3n) is 1.53. The fourth-order valence-corrected chi connectivity index (χ4v) is 1.81. The molecule has 0 aliphatic carbocycles. The van der Waals surface area contributed by atoms with Crippen molar-refractivity contribution < 1.29 is 8.42 Å². The number of sulfonamides is 1. The Bertz CT molecular complexity index is 463. The van der Waals surface area contributed by atoms with Crippen molar-refractivity contribution in [3.63, 3.8) is 0 Å². The van der Waals surface area contributed by atoms with Gasteiger partial charge < -0.3 is 0 Å². The third-order valence-corrected chi connectivity index (χ3v) is 2.62. The molecular weight excluding hydrogens is 212 g/mol. The van der Waals surface area contributed by atoms with Gasteiger partial charge in [-0.1, -0.05) is 30.3 Å². The molecule has 1 aromatic carbocycles. The Morgan fingerprint density at radius 3 is 2.47 bits per heavy atom. The Morgan fingerprint density at radius 2 is 1.93 bits per heavy atom. The van der Waals surface area contributed by atoms with Gasteiger partial charge >= 0.3 is 0 Å². The normalized spacial score (nSPS) is 11.5. The van der Waals surface area contributed by atoms with Crippen LogP contribution in [-0.2, 0) is 10.0 Å². The van der Waals surface area contributed by atoms with Crippen LogP contribution in [0.25, 0.3) is 6.08 Å². The van der Waals surface area contributed by atoms with Crippen LogP contribution in [0.15, 0.2) is 35.7 Å². The summed E-state index contributed by atoms with van der Waals surface area (Å²) in [5.74, 6) is -0.104.